The Hall–Kier alpha value is -2.62. The van der Waals surface area contributed by atoms with E-state index in [-0.39, 0.29) is 0 Å². The van der Waals surface area contributed by atoms with Gasteiger partial charge >= 0.3 is 6.09 Å². The van der Waals surface area contributed by atoms with E-state index in [9.17, 15) is 4.79 Å². The van der Waals surface area contributed by atoms with Crippen LogP contribution in [0.2, 0.25) is 0 Å². The van der Waals surface area contributed by atoms with Gasteiger partial charge in [-0.05, 0) is 49.1 Å². The highest BCUT2D eigenvalue weighted by Gasteiger charge is 2.04. The summed E-state index contributed by atoms with van der Waals surface area (Å²) in [7, 11) is 0. The van der Waals surface area contributed by atoms with E-state index in [1.807, 2.05) is 62.4 Å². The van der Waals surface area contributed by atoms with E-state index in [1.54, 1.807) is 0 Å². The number of hydrogen-bond donors (Lipinski definition) is 1. The third-order valence-corrected chi connectivity index (χ3v) is 3.47. The normalized spacial score (nSPS) is 11.1. The Balaban J connectivity index is 1.90. The predicted molar refractivity (Wildman–Crippen MR) is 87.9 cm³/mol. The fraction of sp³-hybridized carbons (Fsp3) is 0.222. The van der Waals surface area contributed by atoms with Crippen LogP contribution in [-0.4, -0.2) is 11.8 Å². The molecule has 0 fully saturated rings. The second-order valence-corrected chi connectivity index (χ2v) is 5.19. The molecule has 4 heteroatoms. The van der Waals surface area contributed by atoms with Crippen molar-refractivity contribution in [1.29, 1.82) is 0 Å². The Labute approximate surface area is 130 Å². The average Bonchev–Trinajstić information content (AvgIpc) is 2.54. The van der Waals surface area contributed by atoms with Gasteiger partial charge in [0.05, 0.1) is 5.71 Å². The minimum Gasteiger partial charge on any atom is -0.316 e. The van der Waals surface area contributed by atoms with Gasteiger partial charge in [-0.25, -0.2) is 4.79 Å². The molecular weight excluding hydrogens is 276 g/mol. The Kier molecular flexibility index (Phi) is 5.31. The lowest BCUT2D eigenvalue weighted by Crippen LogP contribution is -2.22. The van der Waals surface area contributed by atoms with Gasteiger partial charge < -0.3 is 5.32 Å². The van der Waals surface area contributed by atoms with Crippen molar-refractivity contribution >= 4 is 11.8 Å². The van der Waals surface area contributed by atoms with Crippen molar-refractivity contribution in [2.45, 2.75) is 27.3 Å². The molecule has 2 rings (SSSR count). The molecule has 2 aromatic rings. The smallest absolute Gasteiger partial charge is 0.316 e. The van der Waals surface area contributed by atoms with Crippen LogP contribution in [0.3, 0.4) is 0 Å². The predicted octanol–water partition coefficient (Wildman–Crippen LogP) is 3.95. The molecule has 0 aliphatic rings. The first kappa shape index (κ1) is 15.8. The molecule has 114 valence electrons. The summed E-state index contributed by atoms with van der Waals surface area (Å²) in [6.07, 6.45) is -0.563. The Morgan fingerprint density at radius 1 is 1.09 bits per heavy atom. The first-order valence-corrected chi connectivity index (χ1v) is 7.17. The molecule has 0 saturated heterocycles. The maximum Gasteiger partial charge on any atom is 0.433 e. The monoisotopic (exact) mass is 296 g/mol. The number of amides is 1. The first-order chi connectivity index (χ1) is 10.6. The molecule has 0 spiro atoms. The van der Waals surface area contributed by atoms with Crippen LogP contribution in [0.15, 0.2) is 53.7 Å². The van der Waals surface area contributed by atoms with Crippen molar-refractivity contribution in [3.63, 3.8) is 0 Å². The van der Waals surface area contributed by atoms with Crippen LogP contribution in [0, 0.1) is 13.8 Å². The Bertz CT molecular complexity index is 679. The summed E-state index contributed by atoms with van der Waals surface area (Å²) >= 11 is 0. The number of oxime groups is 1. The summed E-state index contributed by atoms with van der Waals surface area (Å²) in [4.78, 5) is 16.5. The van der Waals surface area contributed by atoms with Crippen LogP contribution >= 0.6 is 0 Å². The first-order valence-electron chi connectivity index (χ1n) is 7.17. The second kappa shape index (κ2) is 7.41. The molecule has 0 unspecified atom stereocenters. The highest BCUT2D eigenvalue weighted by molar-refractivity contribution is 5.98. The number of aryl methyl sites for hydroxylation is 2. The molecule has 1 amide bonds. The number of hydrogen-bond acceptors (Lipinski definition) is 3. The molecule has 0 aliphatic carbocycles. The molecule has 0 aliphatic heterocycles. The highest BCUT2D eigenvalue weighted by atomic mass is 16.7. The van der Waals surface area contributed by atoms with Crippen LogP contribution in [0.25, 0.3) is 0 Å². The third kappa shape index (κ3) is 4.45. The van der Waals surface area contributed by atoms with Crippen LogP contribution in [0.5, 0.6) is 0 Å². The lowest BCUT2D eigenvalue weighted by atomic mass is 10.0. The fourth-order valence-corrected chi connectivity index (χ4v) is 1.93. The molecule has 0 radical (unpaired) electrons. The van der Waals surface area contributed by atoms with Gasteiger partial charge in [0.15, 0.2) is 0 Å². The van der Waals surface area contributed by atoms with Crippen LogP contribution < -0.4 is 5.32 Å². The van der Waals surface area contributed by atoms with Crippen molar-refractivity contribution < 1.29 is 9.63 Å². The number of rotatable bonds is 4. The summed E-state index contributed by atoms with van der Waals surface area (Å²) in [5.74, 6) is 0. The number of carbonyl (C=O) groups excluding carboxylic acids is 1. The molecule has 0 heterocycles. The quantitative estimate of drug-likeness (QED) is 0.527. The second-order valence-electron chi connectivity index (χ2n) is 5.19. The summed E-state index contributed by atoms with van der Waals surface area (Å²) < 4.78 is 0. The van der Waals surface area contributed by atoms with Crippen molar-refractivity contribution in [1.82, 2.24) is 5.32 Å². The number of nitrogens with one attached hydrogen (secondary N) is 1. The zero-order valence-electron chi connectivity index (χ0n) is 13.1. The van der Waals surface area contributed by atoms with E-state index in [4.69, 9.17) is 4.84 Å². The van der Waals surface area contributed by atoms with Gasteiger partial charge in [-0.1, -0.05) is 47.6 Å². The van der Waals surface area contributed by atoms with Gasteiger partial charge in [0.1, 0.15) is 0 Å². The molecule has 0 saturated carbocycles. The van der Waals surface area contributed by atoms with Gasteiger partial charge in [0.2, 0.25) is 0 Å². The maximum absolute atomic E-state index is 11.6. The molecule has 0 bridgehead atoms. The zero-order valence-corrected chi connectivity index (χ0v) is 13.1. The highest BCUT2D eigenvalue weighted by Crippen LogP contribution is 2.11. The summed E-state index contributed by atoms with van der Waals surface area (Å²) in [5.41, 5.74) is 5.02. The molecule has 4 nitrogen and oxygen atoms in total. The Morgan fingerprint density at radius 3 is 2.50 bits per heavy atom. The van der Waals surface area contributed by atoms with E-state index in [1.165, 1.54) is 11.1 Å². The summed E-state index contributed by atoms with van der Waals surface area (Å²) in [6, 6.07) is 15.7. The van der Waals surface area contributed by atoms with Crippen molar-refractivity contribution in [2.24, 2.45) is 5.16 Å². The van der Waals surface area contributed by atoms with Crippen molar-refractivity contribution in [2.75, 3.05) is 0 Å². The van der Waals surface area contributed by atoms with Crippen LogP contribution in [-0.2, 0) is 11.4 Å². The number of carbonyl (C=O) groups is 1. The van der Waals surface area contributed by atoms with Crippen LogP contribution in [0.4, 0.5) is 4.79 Å². The molecule has 1 N–H and O–H groups in total. The third-order valence-electron chi connectivity index (χ3n) is 3.47. The molecular formula is C18H20N2O2. The molecule has 0 aromatic heterocycles. The summed E-state index contributed by atoms with van der Waals surface area (Å²) in [6.45, 7) is 6.32. The lowest BCUT2D eigenvalue weighted by Gasteiger charge is -2.06. The van der Waals surface area contributed by atoms with Gasteiger partial charge in [-0.3, -0.25) is 4.84 Å². The molecule has 2 aromatic carbocycles. The van der Waals surface area contributed by atoms with E-state index in [0.717, 1.165) is 11.1 Å². The van der Waals surface area contributed by atoms with E-state index in [0.29, 0.717) is 12.3 Å². The Morgan fingerprint density at radius 2 is 1.82 bits per heavy atom. The topological polar surface area (TPSA) is 50.7 Å². The minimum absolute atomic E-state index is 0.415. The minimum atomic E-state index is -0.563. The SMILES string of the molecule is C/C(=N\OC(=O)NCc1ccccc1)c1ccc(C)c(C)c1. The van der Waals surface area contributed by atoms with Crippen molar-refractivity contribution in [3.05, 3.63) is 70.8 Å². The average molecular weight is 296 g/mol. The van der Waals surface area contributed by atoms with E-state index in [2.05, 4.69) is 17.4 Å². The lowest BCUT2D eigenvalue weighted by molar-refractivity contribution is 0.150. The van der Waals surface area contributed by atoms with Crippen LogP contribution in [0.1, 0.15) is 29.2 Å². The van der Waals surface area contributed by atoms with Gasteiger partial charge in [0.25, 0.3) is 0 Å². The van der Waals surface area contributed by atoms with E-state index < -0.39 is 6.09 Å². The maximum atomic E-state index is 11.6. The number of benzene rings is 2. The fourth-order valence-electron chi connectivity index (χ4n) is 1.93. The van der Waals surface area contributed by atoms with Gasteiger partial charge in [-0.2, -0.15) is 0 Å². The summed E-state index contributed by atoms with van der Waals surface area (Å²) in [5, 5.41) is 6.54. The number of nitrogens with zero attached hydrogens (tertiary/aromatic N) is 1. The largest absolute Gasteiger partial charge is 0.433 e. The molecule has 22 heavy (non-hydrogen) atoms. The zero-order chi connectivity index (χ0) is 15.9. The van der Waals surface area contributed by atoms with E-state index >= 15 is 0 Å². The van der Waals surface area contributed by atoms with Gasteiger partial charge in [-0.15, -0.1) is 0 Å². The standard InChI is InChI=1S/C18H20N2O2/c1-13-9-10-17(11-14(13)2)15(3)20-22-18(21)19-12-16-7-5-4-6-8-16/h4-11H,12H2,1-3H3,(H,19,21)/b20-15+. The van der Waals surface area contributed by atoms with Gasteiger partial charge in [0, 0.05) is 6.54 Å². The molecule has 0 atom stereocenters. The van der Waals surface area contributed by atoms with Crippen molar-refractivity contribution in [3.8, 4) is 0 Å².